The monoisotopic (exact) mass is 298 g/mol. The molecule has 7 heteroatoms. The van der Waals surface area contributed by atoms with Crippen LogP contribution in [0.4, 0.5) is 4.39 Å². The molecule has 0 atom stereocenters. The van der Waals surface area contributed by atoms with Gasteiger partial charge in [0, 0.05) is 23.4 Å². The second-order valence-electron chi connectivity index (χ2n) is 4.21. The Hall–Kier alpha value is -1.95. The average Bonchev–Trinajstić information content (AvgIpc) is 2.81. The highest BCUT2D eigenvalue weighted by Gasteiger charge is 2.13. The summed E-state index contributed by atoms with van der Waals surface area (Å²) in [4.78, 5) is 10.4. The molecule has 0 aliphatic heterocycles. The molecule has 0 aliphatic carbocycles. The number of aryl methyl sites for hydroxylation is 1. The highest BCUT2D eigenvalue weighted by atomic mass is 35.5. The Kier molecular flexibility index (Phi) is 4.68. The molecular weight excluding hydrogens is 287 g/mol. The maximum atomic E-state index is 13.6. The molecular formula is C13H12ClFN2O3. The molecule has 1 N–H and O–H groups in total. The van der Waals surface area contributed by atoms with Crippen molar-refractivity contribution in [3.63, 3.8) is 0 Å². The van der Waals surface area contributed by atoms with Crippen molar-refractivity contribution in [1.82, 2.24) is 10.2 Å². The van der Waals surface area contributed by atoms with Crippen LogP contribution in [0.15, 0.2) is 22.6 Å². The number of rotatable bonds is 6. The summed E-state index contributed by atoms with van der Waals surface area (Å²) >= 11 is 5.91. The largest absolute Gasteiger partial charge is 0.481 e. The van der Waals surface area contributed by atoms with Crippen LogP contribution in [0.5, 0.6) is 0 Å². The topological polar surface area (TPSA) is 76.2 Å². The number of aliphatic carboxylic acids is 1. The van der Waals surface area contributed by atoms with E-state index in [1.807, 2.05) is 0 Å². The SMILES string of the molecule is O=C(O)CCCc1nnc(Cc2c(F)cccc2Cl)o1. The Morgan fingerprint density at radius 3 is 2.80 bits per heavy atom. The van der Waals surface area contributed by atoms with Crippen LogP contribution < -0.4 is 0 Å². The Balaban J connectivity index is 2.01. The molecule has 2 aromatic rings. The third kappa shape index (κ3) is 3.77. The lowest BCUT2D eigenvalue weighted by Gasteiger charge is -2.02. The van der Waals surface area contributed by atoms with Crippen LogP contribution in [0.2, 0.25) is 5.02 Å². The van der Waals surface area contributed by atoms with Crippen molar-refractivity contribution in [1.29, 1.82) is 0 Å². The number of benzene rings is 1. The fourth-order valence-electron chi connectivity index (χ4n) is 1.70. The van der Waals surface area contributed by atoms with Gasteiger partial charge in [-0.2, -0.15) is 0 Å². The summed E-state index contributed by atoms with van der Waals surface area (Å²) in [6.45, 7) is 0. The molecule has 0 saturated carbocycles. The van der Waals surface area contributed by atoms with E-state index in [1.54, 1.807) is 6.07 Å². The van der Waals surface area contributed by atoms with Crippen LogP contribution in [-0.2, 0) is 17.6 Å². The molecule has 0 radical (unpaired) electrons. The van der Waals surface area contributed by atoms with E-state index in [0.29, 0.717) is 29.3 Å². The number of nitrogens with zero attached hydrogens (tertiary/aromatic N) is 2. The molecule has 106 valence electrons. The second kappa shape index (κ2) is 6.47. The third-order valence-electron chi connectivity index (χ3n) is 2.68. The zero-order valence-corrected chi connectivity index (χ0v) is 11.2. The summed E-state index contributed by atoms with van der Waals surface area (Å²) in [7, 11) is 0. The number of hydrogen-bond acceptors (Lipinski definition) is 4. The first-order valence-electron chi connectivity index (χ1n) is 6.02. The number of carboxylic acids is 1. The minimum atomic E-state index is -0.872. The fourth-order valence-corrected chi connectivity index (χ4v) is 1.93. The summed E-state index contributed by atoms with van der Waals surface area (Å²) in [5.74, 6) is -0.706. The van der Waals surface area contributed by atoms with Gasteiger partial charge in [0.1, 0.15) is 5.82 Å². The fraction of sp³-hybridized carbons (Fsp3) is 0.308. The second-order valence-corrected chi connectivity index (χ2v) is 4.62. The highest BCUT2D eigenvalue weighted by molar-refractivity contribution is 6.31. The van der Waals surface area contributed by atoms with E-state index >= 15 is 0 Å². The number of halogens is 2. The Bertz CT molecular complexity index is 595. The quantitative estimate of drug-likeness (QED) is 0.887. The molecule has 0 fully saturated rings. The number of carboxylic acid groups (broad SMARTS) is 1. The summed E-state index contributed by atoms with van der Waals surface area (Å²) in [6, 6.07) is 4.42. The van der Waals surface area contributed by atoms with E-state index < -0.39 is 11.8 Å². The van der Waals surface area contributed by atoms with Gasteiger partial charge in [-0.25, -0.2) is 4.39 Å². The minimum Gasteiger partial charge on any atom is -0.481 e. The van der Waals surface area contributed by atoms with Gasteiger partial charge in [-0.15, -0.1) is 10.2 Å². The maximum Gasteiger partial charge on any atom is 0.303 e. The number of hydrogen-bond donors (Lipinski definition) is 1. The normalized spacial score (nSPS) is 10.7. The summed E-state index contributed by atoms with van der Waals surface area (Å²) in [5, 5.41) is 16.4. The van der Waals surface area contributed by atoms with Gasteiger partial charge in [-0.1, -0.05) is 17.7 Å². The molecule has 0 aliphatic rings. The van der Waals surface area contributed by atoms with E-state index in [4.69, 9.17) is 21.1 Å². The first-order valence-corrected chi connectivity index (χ1v) is 6.40. The third-order valence-corrected chi connectivity index (χ3v) is 3.03. The van der Waals surface area contributed by atoms with Crippen molar-refractivity contribution >= 4 is 17.6 Å². The van der Waals surface area contributed by atoms with Crippen molar-refractivity contribution in [3.05, 3.63) is 46.4 Å². The maximum absolute atomic E-state index is 13.6. The van der Waals surface area contributed by atoms with Crippen molar-refractivity contribution in [3.8, 4) is 0 Å². The van der Waals surface area contributed by atoms with Crippen molar-refractivity contribution in [2.45, 2.75) is 25.7 Å². The number of aromatic nitrogens is 2. The highest BCUT2D eigenvalue weighted by Crippen LogP contribution is 2.21. The van der Waals surface area contributed by atoms with Gasteiger partial charge in [0.05, 0.1) is 6.42 Å². The zero-order valence-electron chi connectivity index (χ0n) is 10.5. The van der Waals surface area contributed by atoms with Gasteiger partial charge < -0.3 is 9.52 Å². The van der Waals surface area contributed by atoms with Gasteiger partial charge in [-0.3, -0.25) is 4.79 Å². The van der Waals surface area contributed by atoms with Gasteiger partial charge in [-0.05, 0) is 18.6 Å². The van der Waals surface area contributed by atoms with Crippen molar-refractivity contribution < 1.29 is 18.7 Å². The first-order chi connectivity index (χ1) is 9.56. The smallest absolute Gasteiger partial charge is 0.303 e. The number of carbonyl (C=O) groups is 1. The molecule has 0 saturated heterocycles. The molecule has 2 rings (SSSR count). The summed E-state index contributed by atoms with van der Waals surface area (Å²) in [5.41, 5.74) is 0.301. The zero-order chi connectivity index (χ0) is 14.5. The molecule has 1 aromatic carbocycles. The van der Waals surface area contributed by atoms with Crippen LogP contribution in [-0.4, -0.2) is 21.3 Å². The first kappa shape index (κ1) is 14.5. The van der Waals surface area contributed by atoms with Crippen LogP contribution in [0.3, 0.4) is 0 Å². The van der Waals surface area contributed by atoms with E-state index in [9.17, 15) is 9.18 Å². The molecule has 0 bridgehead atoms. The van der Waals surface area contributed by atoms with Crippen molar-refractivity contribution in [2.75, 3.05) is 0 Å². The molecule has 1 aromatic heterocycles. The average molecular weight is 299 g/mol. The van der Waals surface area contributed by atoms with Crippen LogP contribution >= 0.6 is 11.6 Å². The van der Waals surface area contributed by atoms with Crippen molar-refractivity contribution in [2.24, 2.45) is 0 Å². The molecule has 1 heterocycles. The van der Waals surface area contributed by atoms with E-state index in [-0.39, 0.29) is 18.7 Å². The van der Waals surface area contributed by atoms with E-state index in [1.165, 1.54) is 12.1 Å². The minimum absolute atomic E-state index is 0.0385. The van der Waals surface area contributed by atoms with E-state index in [0.717, 1.165) is 0 Å². The lowest BCUT2D eigenvalue weighted by molar-refractivity contribution is -0.137. The Morgan fingerprint density at radius 1 is 1.35 bits per heavy atom. The van der Waals surface area contributed by atoms with Gasteiger partial charge >= 0.3 is 5.97 Å². The molecule has 0 amide bonds. The predicted octanol–water partition coefficient (Wildman–Crippen LogP) is 2.86. The predicted molar refractivity (Wildman–Crippen MR) is 69.1 cm³/mol. The van der Waals surface area contributed by atoms with Gasteiger partial charge in [0.15, 0.2) is 0 Å². The lowest BCUT2D eigenvalue weighted by Crippen LogP contribution is -1.95. The van der Waals surface area contributed by atoms with E-state index in [2.05, 4.69) is 10.2 Å². The molecule has 0 spiro atoms. The van der Waals surface area contributed by atoms with Gasteiger partial charge in [0.2, 0.25) is 11.8 Å². The van der Waals surface area contributed by atoms with Crippen LogP contribution in [0.1, 0.15) is 30.2 Å². The van der Waals surface area contributed by atoms with Gasteiger partial charge in [0.25, 0.3) is 0 Å². The van der Waals surface area contributed by atoms with Crippen LogP contribution in [0, 0.1) is 5.82 Å². The van der Waals surface area contributed by atoms with Crippen LogP contribution in [0.25, 0.3) is 0 Å². The molecule has 0 unspecified atom stereocenters. The lowest BCUT2D eigenvalue weighted by atomic mass is 10.1. The summed E-state index contributed by atoms with van der Waals surface area (Å²) < 4.78 is 18.9. The molecule has 20 heavy (non-hydrogen) atoms. The Labute approximate surface area is 119 Å². The Morgan fingerprint density at radius 2 is 2.10 bits per heavy atom. The molecule has 5 nitrogen and oxygen atoms in total. The summed E-state index contributed by atoms with van der Waals surface area (Å²) in [6.07, 6.45) is 0.940. The standard InChI is InChI=1S/C13H12ClFN2O3/c14-9-3-1-4-10(15)8(9)7-12-17-16-11(20-12)5-2-6-13(18)19/h1,3-4H,2,5-7H2,(H,18,19).